The van der Waals surface area contributed by atoms with E-state index in [1.165, 1.54) is 0 Å². The van der Waals surface area contributed by atoms with Crippen molar-refractivity contribution in [1.29, 1.82) is 0 Å². The monoisotopic (exact) mass is 295 g/mol. The molecule has 1 aromatic carbocycles. The molecule has 0 fully saturated rings. The van der Waals surface area contributed by atoms with Gasteiger partial charge in [0.2, 0.25) is 0 Å². The number of alkyl halides is 1. The smallest absolute Gasteiger partial charge is 0.124 e. The van der Waals surface area contributed by atoms with E-state index < -0.39 is 0 Å². The van der Waals surface area contributed by atoms with Gasteiger partial charge in [0.25, 0.3) is 0 Å². The Morgan fingerprint density at radius 3 is 2.75 bits per heavy atom. The number of rotatable bonds is 6. The van der Waals surface area contributed by atoms with Crippen molar-refractivity contribution in [2.75, 3.05) is 14.2 Å². The Balaban J connectivity index is 2.22. The molecule has 2 aromatic rings. The number of halogens is 1. The Morgan fingerprint density at radius 1 is 1.30 bits per heavy atom. The second-order valence-corrected chi connectivity index (χ2v) is 4.92. The quantitative estimate of drug-likeness (QED) is 0.769. The molecular formula is C14H18ClN3O2. The van der Waals surface area contributed by atoms with Crippen LogP contribution in [0.4, 0.5) is 0 Å². The van der Waals surface area contributed by atoms with Gasteiger partial charge in [0.15, 0.2) is 0 Å². The highest BCUT2D eigenvalue weighted by molar-refractivity contribution is 6.20. The molecule has 5 nitrogen and oxygen atoms in total. The van der Waals surface area contributed by atoms with Crippen LogP contribution < -0.4 is 9.47 Å². The summed E-state index contributed by atoms with van der Waals surface area (Å²) in [5.74, 6) is 1.57. The summed E-state index contributed by atoms with van der Waals surface area (Å²) >= 11 is 6.15. The Labute approximate surface area is 123 Å². The van der Waals surface area contributed by atoms with Crippen LogP contribution in [0, 0.1) is 0 Å². The van der Waals surface area contributed by atoms with Crippen LogP contribution in [0.3, 0.4) is 0 Å². The molecule has 2 rings (SSSR count). The molecule has 1 heterocycles. The zero-order valence-electron chi connectivity index (χ0n) is 11.8. The Kier molecular flexibility index (Phi) is 4.84. The van der Waals surface area contributed by atoms with Crippen LogP contribution in [-0.4, -0.2) is 29.2 Å². The van der Waals surface area contributed by atoms with Crippen LogP contribution in [-0.2, 0) is 6.54 Å². The van der Waals surface area contributed by atoms with Gasteiger partial charge in [-0.05, 0) is 24.6 Å². The second-order valence-electron chi connectivity index (χ2n) is 4.39. The van der Waals surface area contributed by atoms with Crippen LogP contribution in [0.25, 0.3) is 0 Å². The van der Waals surface area contributed by atoms with E-state index >= 15 is 0 Å². The van der Waals surface area contributed by atoms with Crippen molar-refractivity contribution < 1.29 is 9.47 Å². The Morgan fingerprint density at radius 2 is 2.10 bits per heavy atom. The first-order valence-corrected chi connectivity index (χ1v) is 6.86. The summed E-state index contributed by atoms with van der Waals surface area (Å²) in [7, 11) is 3.28. The summed E-state index contributed by atoms with van der Waals surface area (Å²) < 4.78 is 12.3. The number of benzene rings is 1. The van der Waals surface area contributed by atoms with Crippen LogP contribution in [0.5, 0.6) is 11.5 Å². The molecule has 0 bridgehead atoms. The number of aromatic nitrogens is 3. The molecular weight excluding hydrogens is 278 g/mol. The highest BCUT2D eigenvalue weighted by atomic mass is 35.5. The molecule has 0 saturated carbocycles. The van der Waals surface area contributed by atoms with Crippen molar-refractivity contribution in [3.63, 3.8) is 0 Å². The topological polar surface area (TPSA) is 49.2 Å². The molecule has 1 unspecified atom stereocenters. The molecule has 0 spiro atoms. The van der Waals surface area contributed by atoms with Crippen LogP contribution in [0.2, 0.25) is 0 Å². The van der Waals surface area contributed by atoms with Gasteiger partial charge in [-0.1, -0.05) is 12.1 Å². The number of methoxy groups -OCH3 is 2. The van der Waals surface area contributed by atoms with Gasteiger partial charge in [0, 0.05) is 5.56 Å². The van der Waals surface area contributed by atoms with E-state index in [1.54, 1.807) is 18.9 Å². The lowest BCUT2D eigenvalue weighted by Gasteiger charge is -2.10. The predicted octanol–water partition coefficient (Wildman–Crippen LogP) is 3.03. The largest absolute Gasteiger partial charge is 0.497 e. The molecule has 1 atom stereocenters. The predicted molar refractivity (Wildman–Crippen MR) is 77.6 cm³/mol. The van der Waals surface area contributed by atoms with Gasteiger partial charge < -0.3 is 9.47 Å². The number of nitrogens with zero attached hydrogens (tertiary/aromatic N) is 3. The number of hydrogen-bond donors (Lipinski definition) is 0. The molecule has 108 valence electrons. The lowest BCUT2D eigenvalue weighted by atomic mass is 10.2. The average Bonchev–Trinajstić information content (AvgIpc) is 2.94. The minimum atomic E-state index is -0.101. The first kappa shape index (κ1) is 14.7. The summed E-state index contributed by atoms with van der Waals surface area (Å²) in [6, 6.07) is 5.67. The summed E-state index contributed by atoms with van der Waals surface area (Å²) in [5, 5.41) is 8.09. The van der Waals surface area contributed by atoms with Crippen LogP contribution in [0.1, 0.15) is 30.0 Å². The van der Waals surface area contributed by atoms with Crippen molar-refractivity contribution >= 4 is 11.6 Å². The summed E-state index contributed by atoms with van der Waals surface area (Å²) in [6.07, 6.45) is 2.68. The molecule has 0 aliphatic rings. The summed E-state index contributed by atoms with van der Waals surface area (Å²) in [4.78, 5) is 0. The van der Waals surface area contributed by atoms with E-state index in [2.05, 4.69) is 10.3 Å². The van der Waals surface area contributed by atoms with E-state index in [0.29, 0.717) is 6.54 Å². The third-order valence-corrected chi connectivity index (χ3v) is 3.59. The number of hydrogen-bond acceptors (Lipinski definition) is 4. The van der Waals surface area contributed by atoms with E-state index in [9.17, 15) is 0 Å². The SMILES string of the molecule is CCC(Cl)c1cn(Cc2cc(OC)ccc2OC)nn1. The maximum Gasteiger partial charge on any atom is 0.124 e. The maximum atomic E-state index is 6.15. The van der Waals surface area contributed by atoms with Crippen molar-refractivity contribution in [3.8, 4) is 11.5 Å². The molecule has 0 radical (unpaired) electrons. The zero-order chi connectivity index (χ0) is 14.5. The first-order chi connectivity index (χ1) is 9.67. The van der Waals surface area contributed by atoms with Gasteiger partial charge in [-0.3, -0.25) is 0 Å². The molecule has 0 amide bonds. The van der Waals surface area contributed by atoms with E-state index in [-0.39, 0.29) is 5.38 Å². The second kappa shape index (κ2) is 6.61. The van der Waals surface area contributed by atoms with Crippen molar-refractivity contribution in [1.82, 2.24) is 15.0 Å². The summed E-state index contributed by atoms with van der Waals surface area (Å²) in [5.41, 5.74) is 1.77. The molecule has 0 aliphatic heterocycles. The molecule has 0 N–H and O–H groups in total. The van der Waals surface area contributed by atoms with Gasteiger partial charge in [-0.25, -0.2) is 4.68 Å². The van der Waals surface area contributed by atoms with Gasteiger partial charge in [-0.2, -0.15) is 0 Å². The Bertz CT molecular complexity index is 571. The third kappa shape index (κ3) is 3.22. The van der Waals surface area contributed by atoms with Gasteiger partial charge in [0.05, 0.1) is 32.3 Å². The molecule has 1 aromatic heterocycles. The fourth-order valence-corrected chi connectivity index (χ4v) is 2.02. The van der Waals surface area contributed by atoms with Crippen molar-refractivity contribution in [2.24, 2.45) is 0 Å². The van der Waals surface area contributed by atoms with Crippen LogP contribution >= 0.6 is 11.6 Å². The normalized spacial score (nSPS) is 12.2. The van der Waals surface area contributed by atoms with E-state index in [0.717, 1.165) is 29.2 Å². The van der Waals surface area contributed by atoms with Gasteiger partial charge >= 0.3 is 0 Å². The van der Waals surface area contributed by atoms with E-state index in [4.69, 9.17) is 21.1 Å². The first-order valence-electron chi connectivity index (χ1n) is 6.43. The fourth-order valence-electron chi connectivity index (χ4n) is 1.92. The third-order valence-electron chi connectivity index (χ3n) is 3.06. The molecule has 6 heteroatoms. The molecule has 20 heavy (non-hydrogen) atoms. The zero-order valence-corrected chi connectivity index (χ0v) is 12.6. The highest BCUT2D eigenvalue weighted by Crippen LogP contribution is 2.25. The van der Waals surface area contributed by atoms with Gasteiger partial charge in [-0.15, -0.1) is 16.7 Å². The van der Waals surface area contributed by atoms with Crippen molar-refractivity contribution in [2.45, 2.75) is 25.3 Å². The fraction of sp³-hybridized carbons (Fsp3) is 0.429. The molecule has 0 aliphatic carbocycles. The lowest BCUT2D eigenvalue weighted by Crippen LogP contribution is -2.03. The Hall–Kier alpha value is -1.75. The maximum absolute atomic E-state index is 6.15. The summed E-state index contributed by atoms with van der Waals surface area (Å²) in [6.45, 7) is 2.57. The van der Waals surface area contributed by atoms with Gasteiger partial charge in [0.1, 0.15) is 17.2 Å². The van der Waals surface area contributed by atoms with E-state index in [1.807, 2.05) is 31.3 Å². The lowest BCUT2D eigenvalue weighted by molar-refractivity contribution is 0.396. The standard InChI is InChI=1S/C14H18ClN3O2/c1-4-12(15)13-9-18(17-16-13)8-10-7-11(19-2)5-6-14(10)20-3/h5-7,9,12H,4,8H2,1-3H3. The highest BCUT2D eigenvalue weighted by Gasteiger charge is 2.12. The van der Waals surface area contributed by atoms with Crippen molar-refractivity contribution in [3.05, 3.63) is 35.7 Å². The van der Waals surface area contributed by atoms with Crippen LogP contribution in [0.15, 0.2) is 24.4 Å². The minimum absolute atomic E-state index is 0.101. The number of ether oxygens (including phenoxy) is 2. The molecule has 0 saturated heterocycles. The average molecular weight is 296 g/mol. The minimum Gasteiger partial charge on any atom is -0.497 e.